The van der Waals surface area contributed by atoms with E-state index in [9.17, 15) is 0 Å². The molecule has 138 valence electrons. The lowest BCUT2D eigenvalue weighted by atomic mass is 10.3. The van der Waals surface area contributed by atoms with Gasteiger partial charge in [-0.1, -0.05) is 41.6 Å². The Morgan fingerprint density at radius 3 is 2.81 bits per heavy atom. The number of nitrogens with one attached hydrogen (secondary N) is 1. The van der Waals surface area contributed by atoms with Gasteiger partial charge in [-0.3, -0.25) is 0 Å². The van der Waals surface area contributed by atoms with Crippen LogP contribution < -0.4 is 5.32 Å². The van der Waals surface area contributed by atoms with Crippen molar-refractivity contribution in [2.75, 3.05) is 5.32 Å². The van der Waals surface area contributed by atoms with Crippen LogP contribution in [0.25, 0.3) is 11.1 Å². The van der Waals surface area contributed by atoms with Gasteiger partial charge in [0.25, 0.3) is 0 Å². The highest BCUT2D eigenvalue weighted by molar-refractivity contribution is 7.98. The molecule has 0 amide bonds. The topological polar surface area (TPSA) is 68.8 Å². The summed E-state index contributed by atoms with van der Waals surface area (Å²) >= 11 is 7.56. The molecule has 0 saturated carbocycles. The van der Waals surface area contributed by atoms with E-state index >= 15 is 0 Å². The van der Waals surface area contributed by atoms with Crippen molar-refractivity contribution in [3.8, 4) is 0 Å². The molecule has 8 heteroatoms. The molecule has 0 fully saturated rings. The number of hydrogen-bond donors (Lipinski definition) is 1. The molecule has 2 aromatic carbocycles. The molecule has 4 aromatic rings. The molecule has 0 aliphatic heterocycles. The quantitative estimate of drug-likeness (QED) is 0.441. The van der Waals surface area contributed by atoms with Crippen molar-refractivity contribution >= 4 is 40.1 Å². The monoisotopic (exact) mass is 399 g/mol. The summed E-state index contributed by atoms with van der Waals surface area (Å²) in [5.74, 6) is 2.12. The summed E-state index contributed by atoms with van der Waals surface area (Å²) in [6.07, 6.45) is 0. The Balaban J connectivity index is 1.44. The number of para-hydroxylation sites is 1. The highest BCUT2D eigenvalue weighted by Gasteiger charge is 2.13. The number of rotatable bonds is 7. The predicted molar refractivity (Wildman–Crippen MR) is 108 cm³/mol. The highest BCUT2D eigenvalue weighted by Crippen LogP contribution is 2.25. The molecular formula is C19H18ClN5OS. The lowest BCUT2D eigenvalue weighted by molar-refractivity contribution is 0.555. The Kier molecular flexibility index (Phi) is 5.31. The Labute approximate surface area is 166 Å². The minimum Gasteiger partial charge on any atom is -0.440 e. The van der Waals surface area contributed by atoms with Crippen LogP contribution in [0.4, 0.5) is 5.69 Å². The summed E-state index contributed by atoms with van der Waals surface area (Å²) in [6, 6.07) is 15.5. The van der Waals surface area contributed by atoms with Gasteiger partial charge in [0.2, 0.25) is 5.89 Å². The van der Waals surface area contributed by atoms with Crippen molar-refractivity contribution in [3.63, 3.8) is 0 Å². The van der Waals surface area contributed by atoms with E-state index in [1.807, 2.05) is 36.4 Å². The van der Waals surface area contributed by atoms with Gasteiger partial charge < -0.3 is 14.3 Å². The third-order valence-corrected chi connectivity index (χ3v) is 5.24. The molecule has 2 heterocycles. The maximum Gasteiger partial charge on any atom is 0.205 e. The number of nitrogens with zero attached hydrogens (tertiary/aromatic N) is 4. The first-order valence-corrected chi connectivity index (χ1v) is 9.98. The van der Waals surface area contributed by atoms with E-state index in [-0.39, 0.29) is 0 Å². The van der Waals surface area contributed by atoms with Crippen LogP contribution in [-0.4, -0.2) is 19.7 Å². The van der Waals surface area contributed by atoms with E-state index in [0.717, 1.165) is 34.3 Å². The molecule has 0 bridgehead atoms. The van der Waals surface area contributed by atoms with Crippen molar-refractivity contribution < 1.29 is 4.42 Å². The molecule has 27 heavy (non-hydrogen) atoms. The summed E-state index contributed by atoms with van der Waals surface area (Å²) in [4.78, 5) is 4.49. The Bertz CT molecular complexity index is 1050. The van der Waals surface area contributed by atoms with Crippen molar-refractivity contribution in [3.05, 3.63) is 65.3 Å². The molecule has 2 aromatic heterocycles. The standard InChI is InChI=1S/C19H18ClN5OS/c1-2-25-17(11-21-14-6-4-3-5-7-14)23-24-19(25)27-12-18-22-15-10-13(20)8-9-16(15)26-18/h3-10,21H,2,11-12H2,1H3. The van der Waals surface area contributed by atoms with Gasteiger partial charge >= 0.3 is 0 Å². The van der Waals surface area contributed by atoms with E-state index < -0.39 is 0 Å². The Morgan fingerprint density at radius 2 is 2.00 bits per heavy atom. The zero-order valence-corrected chi connectivity index (χ0v) is 16.3. The smallest absolute Gasteiger partial charge is 0.205 e. The second kappa shape index (κ2) is 8.02. The fraction of sp³-hybridized carbons (Fsp3) is 0.211. The zero-order chi connectivity index (χ0) is 18.6. The van der Waals surface area contributed by atoms with Crippen LogP contribution in [0.1, 0.15) is 18.6 Å². The first kappa shape index (κ1) is 17.9. The lowest BCUT2D eigenvalue weighted by Gasteiger charge is -2.08. The Morgan fingerprint density at radius 1 is 1.15 bits per heavy atom. The van der Waals surface area contributed by atoms with E-state index in [0.29, 0.717) is 23.2 Å². The number of halogens is 1. The normalized spacial score (nSPS) is 11.2. The predicted octanol–water partition coefficient (Wildman–Crippen LogP) is 5.00. The molecule has 0 spiro atoms. The minimum atomic E-state index is 0.580. The fourth-order valence-electron chi connectivity index (χ4n) is 2.75. The molecule has 4 rings (SSSR count). The lowest BCUT2D eigenvalue weighted by Crippen LogP contribution is -2.08. The molecule has 0 aliphatic rings. The molecule has 0 saturated heterocycles. The zero-order valence-electron chi connectivity index (χ0n) is 14.7. The highest BCUT2D eigenvalue weighted by atomic mass is 35.5. The molecule has 1 N–H and O–H groups in total. The van der Waals surface area contributed by atoms with E-state index in [1.54, 1.807) is 23.9 Å². The van der Waals surface area contributed by atoms with Gasteiger partial charge in [-0.15, -0.1) is 10.2 Å². The summed E-state index contributed by atoms with van der Waals surface area (Å²) in [7, 11) is 0. The van der Waals surface area contributed by atoms with Gasteiger partial charge in [0.05, 0.1) is 12.3 Å². The number of benzene rings is 2. The number of hydrogen-bond acceptors (Lipinski definition) is 6. The van der Waals surface area contributed by atoms with Crippen molar-refractivity contribution in [1.82, 2.24) is 19.7 Å². The molecule has 6 nitrogen and oxygen atoms in total. The van der Waals surface area contributed by atoms with Crippen LogP contribution in [0.15, 0.2) is 58.1 Å². The van der Waals surface area contributed by atoms with Crippen molar-refractivity contribution in [2.45, 2.75) is 30.9 Å². The Hall–Kier alpha value is -2.51. The fourth-order valence-corrected chi connectivity index (χ4v) is 3.78. The van der Waals surface area contributed by atoms with Gasteiger partial charge in [-0.25, -0.2) is 4.98 Å². The molecule has 0 atom stereocenters. The first-order chi connectivity index (χ1) is 13.2. The summed E-state index contributed by atoms with van der Waals surface area (Å²) in [5, 5.41) is 13.5. The van der Waals surface area contributed by atoms with Crippen LogP contribution in [0.2, 0.25) is 5.02 Å². The molecule has 0 radical (unpaired) electrons. The average molecular weight is 400 g/mol. The van der Waals surface area contributed by atoms with Crippen molar-refractivity contribution in [2.24, 2.45) is 0 Å². The SMILES string of the molecule is CCn1c(CNc2ccccc2)nnc1SCc1nc2cc(Cl)ccc2o1. The van der Waals surface area contributed by atoms with Gasteiger partial charge in [-0.05, 0) is 37.3 Å². The number of fused-ring (bicyclic) bond motifs is 1. The van der Waals surface area contributed by atoms with Crippen LogP contribution in [0.3, 0.4) is 0 Å². The summed E-state index contributed by atoms with van der Waals surface area (Å²) in [6.45, 7) is 3.50. The largest absolute Gasteiger partial charge is 0.440 e. The van der Waals surface area contributed by atoms with Crippen LogP contribution in [0, 0.1) is 0 Å². The van der Waals surface area contributed by atoms with Crippen LogP contribution in [-0.2, 0) is 18.8 Å². The van der Waals surface area contributed by atoms with E-state index in [4.69, 9.17) is 16.0 Å². The second-order valence-electron chi connectivity index (χ2n) is 5.87. The van der Waals surface area contributed by atoms with E-state index in [1.165, 1.54) is 0 Å². The maximum absolute atomic E-state index is 6.00. The number of aromatic nitrogens is 4. The number of thioether (sulfide) groups is 1. The number of oxazole rings is 1. The van der Waals surface area contributed by atoms with Gasteiger partial charge in [0.1, 0.15) is 5.52 Å². The van der Waals surface area contributed by atoms with Crippen molar-refractivity contribution in [1.29, 1.82) is 0 Å². The van der Waals surface area contributed by atoms with E-state index in [2.05, 4.69) is 32.0 Å². The first-order valence-electron chi connectivity index (χ1n) is 8.61. The van der Waals surface area contributed by atoms with Gasteiger partial charge in [-0.2, -0.15) is 0 Å². The second-order valence-corrected chi connectivity index (χ2v) is 7.25. The minimum absolute atomic E-state index is 0.580. The van der Waals surface area contributed by atoms with Crippen LogP contribution >= 0.6 is 23.4 Å². The third-order valence-electron chi connectivity index (χ3n) is 4.05. The summed E-state index contributed by atoms with van der Waals surface area (Å²) in [5.41, 5.74) is 2.56. The van der Waals surface area contributed by atoms with Gasteiger partial charge in [0, 0.05) is 17.3 Å². The maximum atomic E-state index is 6.00. The van der Waals surface area contributed by atoms with Gasteiger partial charge in [0.15, 0.2) is 16.6 Å². The third kappa shape index (κ3) is 4.09. The van der Waals surface area contributed by atoms with Crippen LogP contribution in [0.5, 0.6) is 0 Å². The molecular weight excluding hydrogens is 382 g/mol. The number of anilines is 1. The average Bonchev–Trinajstić information content (AvgIpc) is 3.28. The summed E-state index contributed by atoms with van der Waals surface area (Å²) < 4.78 is 7.87. The molecule has 0 aliphatic carbocycles. The molecule has 0 unspecified atom stereocenters.